The highest BCUT2D eigenvalue weighted by molar-refractivity contribution is 5.97. The van der Waals surface area contributed by atoms with Crippen molar-refractivity contribution in [3.8, 4) is 0 Å². The average molecular weight is 357 g/mol. The van der Waals surface area contributed by atoms with E-state index in [1.165, 1.54) is 36.9 Å². The van der Waals surface area contributed by atoms with Gasteiger partial charge in [-0.25, -0.2) is 0 Å². The smallest absolute Gasteiger partial charge is 0.241 e. The van der Waals surface area contributed by atoms with Crippen LogP contribution in [0.2, 0.25) is 0 Å². The molecule has 5 heteroatoms. The number of carbonyl (C=O) groups is 1. The zero-order valence-electron chi connectivity index (χ0n) is 16.4. The molecular weight excluding hydrogens is 324 g/mol. The lowest BCUT2D eigenvalue weighted by atomic mass is 9.87. The minimum Gasteiger partial charge on any atom is -0.312 e. The molecule has 1 aromatic rings. The second kappa shape index (κ2) is 6.93. The van der Waals surface area contributed by atoms with Gasteiger partial charge in [0.05, 0.1) is 12.2 Å². The summed E-state index contributed by atoms with van der Waals surface area (Å²) in [7, 11) is 0. The number of nitrogens with zero attached hydrogens (tertiary/aromatic N) is 3. The molecule has 1 aromatic heterocycles. The van der Waals surface area contributed by atoms with E-state index in [-0.39, 0.29) is 11.3 Å². The van der Waals surface area contributed by atoms with Gasteiger partial charge in [-0.3, -0.25) is 14.7 Å². The van der Waals surface area contributed by atoms with Gasteiger partial charge >= 0.3 is 0 Å². The predicted molar refractivity (Wildman–Crippen MR) is 105 cm³/mol. The van der Waals surface area contributed by atoms with Gasteiger partial charge in [0, 0.05) is 61.0 Å². The van der Waals surface area contributed by atoms with Crippen molar-refractivity contribution in [3.63, 3.8) is 0 Å². The number of anilines is 1. The van der Waals surface area contributed by atoms with Crippen LogP contribution < -0.4 is 10.2 Å². The molecule has 1 saturated carbocycles. The highest BCUT2D eigenvalue weighted by Crippen LogP contribution is 2.43. The third-order valence-corrected chi connectivity index (χ3v) is 6.36. The summed E-state index contributed by atoms with van der Waals surface area (Å²) < 4.78 is 0. The first-order valence-electron chi connectivity index (χ1n) is 10.2. The second-order valence-corrected chi connectivity index (χ2v) is 9.06. The van der Waals surface area contributed by atoms with Crippen molar-refractivity contribution < 1.29 is 4.79 Å². The van der Waals surface area contributed by atoms with Crippen molar-refractivity contribution in [1.29, 1.82) is 0 Å². The van der Waals surface area contributed by atoms with E-state index in [4.69, 9.17) is 4.98 Å². The SMILES string of the molecule is CC1CN(CC(=O)N2CC(C)(C)c3cnc(C4CCCC4)cc32)CCN1. The van der Waals surface area contributed by atoms with Crippen LogP contribution in [0.4, 0.5) is 5.69 Å². The van der Waals surface area contributed by atoms with Gasteiger partial charge in [-0.2, -0.15) is 0 Å². The number of nitrogens with one attached hydrogen (secondary N) is 1. The maximum atomic E-state index is 13.1. The third-order valence-electron chi connectivity index (χ3n) is 6.36. The molecule has 1 unspecified atom stereocenters. The monoisotopic (exact) mass is 356 g/mol. The van der Waals surface area contributed by atoms with Crippen LogP contribution in [0.25, 0.3) is 0 Å². The Bertz CT molecular complexity index is 681. The summed E-state index contributed by atoms with van der Waals surface area (Å²) in [5.74, 6) is 0.810. The molecule has 0 bridgehead atoms. The molecule has 142 valence electrons. The number of fused-ring (bicyclic) bond motifs is 1. The Hall–Kier alpha value is -1.46. The second-order valence-electron chi connectivity index (χ2n) is 9.06. The molecule has 3 heterocycles. The summed E-state index contributed by atoms with van der Waals surface area (Å²) in [4.78, 5) is 22.3. The van der Waals surface area contributed by atoms with E-state index in [1.54, 1.807) is 0 Å². The fraction of sp³-hybridized carbons (Fsp3) is 0.714. The number of carbonyl (C=O) groups excluding carboxylic acids is 1. The van der Waals surface area contributed by atoms with Gasteiger partial charge in [-0.1, -0.05) is 26.7 Å². The molecule has 2 aliphatic heterocycles. The molecule has 1 aliphatic carbocycles. The minimum absolute atomic E-state index is 0.0249. The maximum Gasteiger partial charge on any atom is 0.241 e. The lowest BCUT2D eigenvalue weighted by Crippen LogP contribution is -2.52. The Morgan fingerprint density at radius 1 is 1.35 bits per heavy atom. The maximum absolute atomic E-state index is 13.1. The lowest BCUT2D eigenvalue weighted by molar-refractivity contribution is -0.120. The first-order chi connectivity index (χ1) is 12.4. The molecule has 0 spiro atoms. The third kappa shape index (κ3) is 3.39. The van der Waals surface area contributed by atoms with Crippen LogP contribution in [0, 0.1) is 0 Å². The predicted octanol–water partition coefficient (Wildman–Crippen LogP) is 2.66. The fourth-order valence-corrected chi connectivity index (χ4v) is 4.87. The number of hydrogen-bond donors (Lipinski definition) is 1. The average Bonchev–Trinajstić information content (AvgIpc) is 3.21. The molecule has 5 nitrogen and oxygen atoms in total. The van der Waals surface area contributed by atoms with Crippen LogP contribution in [-0.4, -0.2) is 54.6 Å². The van der Waals surface area contributed by atoms with Crippen LogP contribution in [-0.2, 0) is 10.2 Å². The molecule has 1 saturated heterocycles. The Morgan fingerprint density at radius 3 is 2.85 bits per heavy atom. The van der Waals surface area contributed by atoms with E-state index in [9.17, 15) is 4.79 Å². The fourth-order valence-electron chi connectivity index (χ4n) is 4.87. The number of amides is 1. The van der Waals surface area contributed by atoms with E-state index < -0.39 is 0 Å². The molecule has 26 heavy (non-hydrogen) atoms. The van der Waals surface area contributed by atoms with Gasteiger partial charge in [-0.15, -0.1) is 0 Å². The Balaban J connectivity index is 1.56. The van der Waals surface area contributed by atoms with Crippen molar-refractivity contribution in [3.05, 3.63) is 23.5 Å². The quantitative estimate of drug-likeness (QED) is 0.905. The number of rotatable bonds is 3. The molecular formula is C21H32N4O. The summed E-state index contributed by atoms with van der Waals surface area (Å²) >= 11 is 0. The largest absolute Gasteiger partial charge is 0.312 e. The molecule has 0 radical (unpaired) electrons. The zero-order valence-corrected chi connectivity index (χ0v) is 16.4. The summed E-state index contributed by atoms with van der Waals surface area (Å²) in [5.41, 5.74) is 3.50. The molecule has 4 rings (SSSR count). The Kier molecular flexibility index (Phi) is 4.78. The molecule has 1 N–H and O–H groups in total. The van der Waals surface area contributed by atoms with Crippen molar-refractivity contribution in [2.45, 2.75) is 63.8 Å². The van der Waals surface area contributed by atoms with Crippen LogP contribution >= 0.6 is 0 Å². The summed E-state index contributed by atoms with van der Waals surface area (Å²) in [5, 5.41) is 3.45. The lowest BCUT2D eigenvalue weighted by Gasteiger charge is -2.32. The first-order valence-corrected chi connectivity index (χ1v) is 10.2. The van der Waals surface area contributed by atoms with E-state index in [0.29, 0.717) is 18.5 Å². The van der Waals surface area contributed by atoms with Gasteiger partial charge < -0.3 is 10.2 Å². The normalized spacial score (nSPS) is 26.3. The van der Waals surface area contributed by atoms with Gasteiger partial charge in [0.15, 0.2) is 0 Å². The molecule has 2 fully saturated rings. The Morgan fingerprint density at radius 2 is 2.12 bits per heavy atom. The van der Waals surface area contributed by atoms with Crippen molar-refractivity contribution in [2.24, 2.45) is 0 Å². The van der Waals surface area contributed by atoms with E-state index in [0.717, 1.165) is 31.9 Å². The zero-order chi connectivity index (χ0) is 18.3. The van der Waals surface area contributed by atoms with Crippen molar-refractivity contribution >= 4 is 11.6 Å². The highest BCUT2D eigenvalue weighted by Gasteiger charge is 2.39. The van der Waals surface area contributed by atoms with E-state index >= 15 is 0 Å². The molecule has 3 aliphatic rings. The molecule has 1 amide bonds. The Labute approximate surface area is 157 Å². The van der Waals surface area contributed by atoms with Crippen LogP contribution in [0.3, 0.4) is 0 Å². The van der Waals surface area contributed by atoms with Crippen LogP contribution in [0.5, 0.6) is 0 Å². The van der Waals surface area contributed by atoms with Gasteiger partial charge in [0.25, 0.3) is 0 Å². The van der Waals surface area contributed by atoms with Crippen molar-refractivity contribution in [1.82, 2.24) is 15.2 Å². The summed E-state index contributed by atoms with van der Waals surface area (Å²) in [6, 6.07) is 2.68. The standard InChI is InChI=1S/C21H32N4O/c1-15-12-24(9-8-22-15)13-20(26)25-14-21(2,3)17-11-23-18(10-19(17)25)16-6-4-5-7-16/h10-11,15-16,22H,4-9,12-14H2,1-3H3. The number of pyridine rings is 1. The number of aromatic nitrogens is 1. The highest BCUT2D eigenvalue weighted by atomic mass is 16.2. The van der Waals surface area contributed by atoms with Crippen molar-refractivity contribution in [2.75, 3.05) is 37.6 Å². The van der Waals surface area contributed by atoms with E-state index in [2.05, 4.69) is 37.1 Å². The van der Waals surface area contributed by atoms with E-state index in [1.807, 2.05) is 11.1 Å². The molecule has 1 atom stereocenters. The first kappa shape index (κ1) is 17.9. The van der Waals surface area contributed by atoms with Crippen LogP contribution in [0.15, 0.2) is 12.3 Å². The minimum atomic E-state index is -0.0249. The summed E-state index contributed by atoms with van der Waals surface area (Å²) in [6.07, 6.45) is 7.13. The molecule has 0 aromatic carbocycles. The summed E-state index contributed by atoms with van der Waals surface area (Å²) in [6.45, 7) is 10.8. The van der Waals surface area contributed by atoms with Crippen LogP contribution in [0.1, 0.15) is 63.6 Å². The van der Waals surface area contributed by atoms with Gasteiger partial charge in [0.1, 0.15) is 0 Å². The van der Waals surface area contributed by atoms with Gasteiger partial charge in [0.2, 0.25) is 5.91 Å². The van der Waals surface area contributed by atoms with Gasteiger partial charge in [-0.05, 0) is 25.8 Å². The topological polar surface area (TPSA) is 48.5 Å². The number of piperazine rings is 1. The number of hydrogen-bond acceptors (Lipinski definition) is 4.